The van der Waals surface area contributed by atoms with Crippen LogP contribution in [-0.2, 0) is 11.2 Å². The highest BCUT2D eigenvalue weighted by Crippen LogP contribution is 2.08. The Labute approximate surface area is 77.0 Å². The van der Waals surface area contributed by atoms with Crippen LogP contribution in [0, 0.1) is 0 Å². The third-order valence-corrected chi connectivity index (χ3v) is 1.80. The summed E-state index contributed by atoms with van der Waals surface area (Å²) < 4.78 is 0. The van der Waals surface area contributed by atoms with Crippen LogP contribution >= 0.6 is 0 Å². The first-order chi connectivity index (χ1) is 6.11. The van der Waals surface area contributed by atoms with E-state index < -0.39 is 6.04 Å². The fourth-order valence-electron chi connectivity index (χ4n) is 0.949. The zero-order chi connectivity index (χ0) is 9.84. The number of anilines is 1. The van der Waals surface area contributed by atoms with E-state index in [9.17, 15) is 4.79 Å². The Morgan fingerprint density at radius 1 is 1.69 bits per heavy atom. The van der Waals surface area contributed by atoms with E-state index in [1.165, 1.54) is 0 Å². The Morgan fingerprint density at radius 3 is 2.92 bits per heavy atom. The first-order valence-electron chi connectivity index (χ1n) is 4.09. The van der Waals surface area contributed by atoms with Gasteiger partial charge in [-0.3, -0.25) is 4.79 Å². The molecule has 1 aromatic heterocycles. The second-order valence-electron chi connectivity index (χ2n) is 2.98. The van der Waals surface area contributed by atoms with Crippen LogP contribution in [0.1, 0.15) is 12.5 Å². The maximum absolute atomic E-state index is 11.3. The van der Waals surface area contributed by atoms with Gasteiger partial charge in [-0.15, -0.1) is 0 Å². The summed E-state index contributed by atoms with van der Waals surface area (Å²) in [5.41, 5.74) is 11.7. The van der Waals surface area contributed by atoms with Gasteiger partial charge >= 0.3 is 0 Å². The van der Waals surface area contributed by atoms with Gasteiger partial charge in [0.2, 0.25) is 0 Å². The molecule has 4 N–H and O–H groups in total. The fourth-order valence-corrected chi connectivity index (χ4v) is 0.949. The number of pyridine rings is 1. The van der Waals surface area contributed by atoms with Gasteiger partial charge in [0.1, 0.15) is 5.82 Å². The molecule has 0 aliphatic rings. The second-order valence-corrected chi connectivity index (χ2v) is 2.98. The number of ketones is 1. The van der Waals surface area contributed by atoms with Gasteiger partial charge in [-0.1, -0.05) is 6.07 Å². The van der Waals surface area contributed by atoms with Crippen molar-refractivity contribution in [1.82, 2.24) is 4.98 Å². The average molecular weight is 179 g/mol. The Balaban J connectivity index is 2.75. The third-order valence-electron chi connectivity index (χ3n) is 1.80. The molecule has 0 bridgehead atoms. The van der Waals surface area contributed by atoms with Crippen LogP contribution in [0.3, 0.4) is 0 Å². The van der Waals surface area contributed by atoms with Gasteiger partial charge in [-0.2, -0.15) is 0 Å². The Kier molecular flexibility index (Phi) is 2.97. The molecule has 0 saturated heterocycles. The second kappa shape index (κ2) is 4.00. The lowest BCUT2D eigenvalue weighted by molar-refractivity contribution is -0.119. The van der Waals surface area contributed by atoms with Gasteiger partial charge in [-0.25, -0.2) is 4.98 Å². The Bertz CT molecular complexity index is 309. The first-order valence-corrected chi connectivity index (χ1v) is 4.09. The van der Waals surface area contributed by atoms with E-state index >= 15 is 0 Å². The number of hydrogen-bond donors (Lipinski definition) is 2. The number of Topliss-reactive ketones (excluding diaryl/α,β-unsaturated/α-hetero) is 1. The van der Waals surface area contributed by atoms with Crippen molar-refractivity contribution in [1.29, 1.82) is 0 Å². The standard InChI is InChI=1S/C9H13N3O/c1-6(10)8(13)5-7-3-2-4-12-9(7)11/h2-4,6H,5,10H2,1H3,(H2,11,12). The van der Waals surface area contributed by atoms with E-state index in [4.69, 9.17) is 11.5 Å². The summed E-state index contributed by atoms with van der Waals surface area (Å²) in [6.07, 6.45) is 1.85. The van der Waals surface area contributed by atoms with Gasteiger partial charge in [0.25, 0.3) is 0 Å². The number of carbonyl (C=O) groups is 1. The van der Waals surface area contributed by atoms with E-state index in [-0.39, 0.29) is 12.2 Å². The van der Waals surface area contributed by atoms with E-state index in [1.807, 2.05) is 0 Å². The number of aromatic nitrogens is 1. The summed E-state index contributed by atoms with van der Waals surface area (Å²) in [7, 11) is 0. The van der Waals surface area contributed by atoms with Crippen LogP contribution in [-0.4, -0.2) is 16.8 Å². The largest absolute Gasteiger partial charge is 0.383 e. The van der Waals surface area contributed by atoms with Gasteiger partial charge in [-0.05, 0) is 13.0 Å². The van der Waals surface area contributed by atoms with Gasteiger partial charge in [0, 0.05) is 18.2 Å². The lowest BCUT2D eigenvalue weighted by Crippen LogP contribution is -2.28. The number of nitrogen functional groups attached to an aromatic ring is 1. The van der Waals surface area contributed by atoms with Gasteiger partial charge in [0.15, 0.2) is 5.78 Å². The summed E-state index contributed by atoms with van der Waals surface area (Å²) in [6.45, 7) is 1.66. The van der Waals surface area contributed by atoms with Crippen LogP contribution in [0.15, 0.2) is 18.3 Å². The number of rotatable bonds is 3. The lowest BCUT2D eigenvalue weighted by Gasteiger charge is -2.05. The molecule has 0 radical (unpaired) electrons. The summed E-state index contributed by atoms with van der Waals surface area (Å²) in [5, 5.41) is 0. The summed E-state index contributed by atoms with van der Waals surface area (Å²) in [5.74, 6) is 0.371. The molecule has 0 aliphatic heterocycles. The fraction of sp³-hybridized carbons (Fsp3) is 0.333. The molecule has 70 valence electrons. The molecular formula is C9H13N3O. The molecule has 1 atom stereocenters. The van der Waals surface area contributed by atoms with Crippen molar-refractivity contribution in [2.75, 3.05) is 5.73 Å². The van der Waals surface area contributed by atoms with Crippen molar-refractivity contribution < 1.29 is 4.79 Å². The van der Waals surface area contributed by atoms with Crippen LogP contribution in [0.4, 0.5) is 5.82 Å². The van der Waals surface area contributed by atoms with E-state index in [1.54, 1.807) is 25.3 Å². The molecule has 1 heterocycles. The Morgan fingerprint density at radius 2 is 2.38 bits per heavy atom. The van der Waals surface area contributed by atoms with Crippen molar-refractivity contribution in [2.24, 2.45) is 5.73 Å². The van der Waals surface area contributed by atoms with Crippen LogP contribution in [0.5, 0.6) is 0 Å². The molecule has 1 unspecified atom stereocenters. The van der Waals surface area contributed by atoms with Crippen molar-refractivity contribution in [2.45, 2.75) is 19.4 Å². The predicted octanol–water partition coefficient (Wildman–Crippen LogP) is 0.123. The zero-order valence-electron chi connectivity index (χ0n) is 7.53. The number of hydrogen-bond acceptors (Lipinski definition) is 4. The summed E-state index contributed by atoms with van der Waals surface area (Å²) >= 11 is 0. The Hall–Kier alpha value is -1.42. The highest BCUT2D eigenvalue weighted by atomic mass is 16.1. The van der Waals surface area contributed by atoms with Crippen LogP contribution < -0.4 is 11.5 Å². The SMILES string of the molecule is CC(N)C(=O)Cc1cccnc1N. The molecule has 0 aliphatic carbocycles. The van der Waals surface area contributed by atoms with Crippen molar-refractivity contribution >= 4 is 11.6 Å². The molecular weight excluding hydrogens is 166 g/mol. The summed E-state index contributed by atoms with van der Waals surface area (Å²) in [4.78, 5) is 15.1. The molecule has 4 nitrogen and oxygen atoms in total. The molecule has 0 saturated carbocycles. The average Bonchev–Trinajstić information content (AvgIpc) is 2.08. The van der Waals surface area contributed by atoms with Crippen molar-refractivity contribution in [3.63, 3.8) is 0 Å². The minimum absolute atomic E-state index is 0.0281. The molecule has 13 heavy (non-hydrogen) atoms. The van der Waals surface area contributed by atoms with Crippen LogP contribution in [0.25, 0.3) is 0 Å². The quantitative estimate of drug-likeness (QED) is 0.690. The maximum atomic E-state index is 11.3. The normalized spacial score (nSPS) is 12.5. The highest BCUT2D eigenvalue weighted by molar-refractivity contribution is 5.86. The monoisotopic (exact) mass is 179 g/mol. The minimum Gasteiger partial charge on any atom is -0.383 e. The predicted molar refractivity (Wildman–Crippen MR) is 51.0 cm³/mol. The summed E-state index contributed by atoms with van der Waals surface area (Å²) in [6, 6.07) is 3.09. The molecule has 0 fully saturated rings. The lowest BCUT2D eigenvalue weighted by atomic mass is 10.1. The van der Waals surface area contributed by atoms with Crippen molar-refractivity contribution in [3.05, 3.63) is 23.9 Å². The third kappa shape index (κ3) is 2.52. The van der Waals surface area contributed by atoms with Crippen LogP contribution in [0.2, 0.25) is 0 Å². The zero-order valence-corrected chi connectivity index (χ0v) is 7.53. The topological polar surface area (TPSA) is 82.0 Å². The molecule has 1 aromatic rings. The highest BCUT2D eigenvalue weighted by Gasteiger charge is 2.10. The van der Waals surface area contributed by atoms with Crippen molar-refractivity contribution in [3.8, 4) is 0 Å². The number of carbonyl (C=O) groups excluding carboxylic acids is 1. The molecule has 0 amide bonds. The maximum Gasteiger partial charge on any atom is 0.153 e. The van der Waals surface area contributed by atoms with Gasteiger partial charge in [0.05, 0.1) is 6.04 Å². The van der Waals surface area contributed by atoms with E-state index in [2.05, 4.69) is 4.98 Å². The number of nitrogens with zero attached hydrogens (tertiary/aromatic N) is 1. The molecule has 0 spiro atoms. The molecule has 0 aromatic carbocycles. The number of nitrogens with two attached hydrogens (primary N) is 2. The van der Waals surface area contributed by atoms with Gasteiger partial charge < -0.3 is 11.5 Å². The minimum atomic E-state index is -0.445. The first kappa shape index (κ1) is 9.67. The van der Waals surface area contributed by atoms with E-state index in [0.29, 0.717) is 5.82 Å². The van der Waals surface area contributed by atoms with E-state index in [0.717, 1.165) is 5.56 Å². The molecule has 4 heteroatoms. The smallest absolute Gasteiger partial charge is 0.153 e. The molecule has 1 rings (SSSR count).